The summed E-state index contributed by atoms with van der Waals surface area (Å²) >= 11 is 0. The maximum atomic E-state index is 4.48. The van der Waals surface area contributed by atoms with Gasteiger partial charge in [0.05, 0.1) is 32.3 Å². The van der Waals surface area contributed by atoms with Crippen LogP contribution in [-0.2, 0) is 80.4 Å². The van der Waals surface area contributed by atoms with E-state index in [2.05, 4.69) is 351 Å². The molecular formula is C84H88Ir4N4Si4-4. The summed E-state index contributed by atoms with van der Waals surface area (Å²) in [6.45, 7) is 36.9. The molecule has 500 valence electrons. The number of aryl methyl sites for hydroxylation is 4. The number of pyridine rings is 4. The topological polar surface area (TPSA) is 51.6 Å². The molecule has 96 heavy (non-hydrogen) atoms. The van der Waals surface area contributed by atoms with E-state index >= 15 is 0 Å². The molecule has 0 N–H and O–H groups in total. The minimum absolute atomic E-state index is 0. The fraction of sp³-hybridized carbons (Fsp3) is 0.190. The van der Waals surface area contributed by atoms with Crippen molar-refractivity contribution in [3.8, 4) is 89.5 Å². The van der Waals surface area contributed by atoms with Crippen molar-refractivity contribution in [3.05, 3.63) is 290 Å². The zero-order valence-electron chi connectivity index (χ0n) is 58.2. The molecule has 12 aromatic rings. The van der Waals surface area contributed by atoms with Crippen molar-refractivity contribution < 1.29 is 80.4 Å². The first-order valence-electron chi connectivity index (χ1n) is 32.0. The molecule has 0 bridgehead atoms. The number of hydrogen-bond acceptors (Lipinski definition) is 4. The zero-order chi connectivity index (χ0) is 65.8. The number of benzene rings is 8. The molecule has 4 nitrogen and oxygen atoms in total. The molecule has 0 unspecified atom stereocenters. The van der Waals surface area contributed by atoms with Crippen molar-refractivity contribution in [2.24, 2.45) is 0 Å². The van der Waals surface area contributed by atoms with Gasteiger partial charge in [0.15, 0.2) is 0 Å². The van der Waals surface area contributed by atoms with Gasteiger partial charge in [-0.25, -0.2) is 0 Å². The molecule has 0 atom stereocenters. The van der Waals surface area contributed by atoms with Crippen molar-refractivity contribution in [2.45, 2.75) is 106 Å². The van der Waals surface area contributed by atoms with Gasteiger partial charge in [0.25, 0.3) is 0 Å². The van der Waals surface area contributed by atoms with E-state index in [0.717, 1.165) is 45.0 Å². The summed E-state index contributed by atoms with van der Waals surface area (Å²) in [5, 5.41) is 5.97. The van der Waals surface area contributed by atoms with E-state index in [1.165, 1.54) is 87.5 Å². The second-order valence-corrected chi connectivity index (χ2v) is 48.3. The molecule has 0 spiro atoms. The Kier molecular flexibility index (Phi) is 30.2. The quantitative estimate of drug-likeness (QED) is 0.0903. The Labute approximate surface area is 632 Å². The van der Waals surface area contributed by atoms with Gasteiger partial charge >= 0.3 is 0 Å². The third-order valence-electron chi connectivity index (χ3n) is 16.3. The van der Waals surface area contributed by atoms with Gasteiger partial charge in [0.2, 0.25) is 0 Å². The van der Waals surface area contributed by atoms with Crippen LogP contribution in [0.2, 0.25) is 78.6 Å². The minimum atomic E-state index is -1.37. The van der Waals surface area contributed by atoms with E-state index in [1.807, 2.05) is 43.0 Å². The van der Waals surface area contributed by atoms with E-state index in [1.54, 1.807) is 0 Å². The Hall–Kier alpha value is -6.18. The van der Waals surface area contributed by atoms with Crippen molar-refractivity contribution >= 4 is 53.0 Å². The summed E-state index contributed by atoms with van der Waals surface area (Å²) in [7, 11) is -5.26. The van der Waals surface area contributed by atoms with Crippen molar-refractivity contribution in [1.29, 1.82) is 0 Å². The van der Waals surface area contributed by atoms with Crippen LogP contribution in [0.15, 0.2) is 243 Å². The van der Waals surface area contributed by atoms with Crippen molar-refractivity contribution in [3.63, 3.8) is 0 Å². The Morgan fingerprint density at radius 1 is 0.260 bits per heavy atom. The zero-order valence-corrected chi connectivity index (χ0v) is 71.8. The molecule has 8 aromatic carbocycles. The van der Waals surface area contributed by atoms with Gasteiger partial charge in [0, 0.05) is 105 Å². The Balaban J connectivity index is 0.000000228. The first kappa shape index (κ1) is 80.5. The Morgan fingerprint density at radius 2 is 0.625 bits per heavy atom. The van der Waals surface area contributed by atoms with Gasteiger partial charge in [-0.3, -0.25) is 0 Å². The van der Waals surface area contributed by atoms with E-state index in [9.17, 15) is 0 Å². The maximum absolute atomic E-state index is 4.48. The van der Waals surface area contributed by atoms with Crippen LogP contribution >= 0.6 is 0 Å². The van der Waals surface area contributed by atoms with Crippen LogP contribution in [0.25, 0.3) is 89.5 Å². The van der Waals surface area contributed by atoms with Gasteiger partial charge in [-0.05, 0) is 74.2 Å². The summed E-state index contributed by atoms with van der Waals surface area (Å²) in [5.41, 5.74) is 23.0. The molecule has 0 amide bonds. The summed E-state index contributed by atoms with van der Waals surface area (Å²) in [6.07, 6.45) is 7.45. The van der Waals surface area contributed by atoms with Gasteiger partial charge < -0.3 is 19.9 Å². The summed E-state index contributed by atoms with van der Waals surface area (Å²) in [6, 6.07) is 91.0. The third kappa shape index (κ3) is 22.4. The van der Waals surface area contributed by atoms with Crippen molar-refractivity contribution in [1.82, 2.24) is 19.9 Å². The molecule has 0 aliphatic rings. The molecule has 0 aliphatic carbocycles. The summed E-state index contributed by atoms with van der Waals surface area (Å²) in [4.78, 5) is 17.8. The van der Waals surface area contributed by atoms with Crippen molar-refractivity contribution in [2.75, 3.05) is 0 Å². The molecule has 0 fully saturated rings. The van der Waals surface area contributed by atoms with Crippen LogP contribution in [0.5, 0.6) is 0 Å². The molecule has 4 aromatic heterocycles. The minimum Gasteiger partial charge on any atom is -0.305 e. The fourth-order valence-electron chi connectivity index (χ4n) is 10.8. The second-order valence-electron chi connectivity index (χ2n) is 28.1. The smallest absolute Gasteiger partial charge is 0.0775 e. The fourth-order valence-corrected chi connectivity index (χ4v) is 16.4. The standard InChI is InChI=1S/4C21H22NSi.4Ir/c1-16-13-14-22-21(15-16)19-7-5-17(6-8-19)18-9-11-20(12-10-18)23(2,3)4;1-16-12-13-22-21(14-16)18-10-8-17(9-11-18)19-6-5-7-20(15-19)23(2,3)4;1-16-9-14-20(22-15-16)18-12-10-17(11-13-18)19-7-5-6-8-21(19)23(2,3)4;1-16-13-14-22-20(15-16)18-11-9-17(10-12-18)19-7-5-6-8-21(19)23(2,3)4;;;;/h5-7,9-15H,1-4H3;5-10,12-15H,1-4H3;5-12,14-15H,1-4H3;5-11,13-15H,1-4H3;;;;/q4*-1;;;;. The largest absolute Gasteiger partial charge is 0.305 e. The van der Waals surface area contributed by atoms with E-state index < -0.39 is 32.3 Å². The third-order valence-corrected chi connectivity index (χ3v) is 24.5. The van der Waals surface area contributed by atoms with Crippen LogP contribution < -0.4 is 20.7 Å². The molecule has 0 aliphatic heterocycles. The Bertz CT molecular complexity index is 4380. The van der Waals surface area contributed by atoms with Crippen LogP contribution in [0.3, 0.4) is 0 Å². The van der Waals surface area contributed by atoms with Gasteiger partial charge in [-0.15, -0.1) is 119 Å². The SMILES string of the molecule is Cc1ccc(-c2[c-]cc(-c3ccccc3[Si](C)(C)C)cc2)nc1.Cc1ccnc(-c2[c-]cc(-c3ccc([Si](C)(C)C)cc3)cc2)c1.Cc1ccnc(-c2[c-]cc(-c3cccc([Si](C)(C)C)c3)cc2)c1.Cc1ccnc(-c2[c-]cc(-c3ccccc3[Si](C)(C)C)cc2)c1.[Ir].[Ir].[Ir].[Ir]. The van der Waals surface area contributed by atoms with E-state index in [0.29, 0.717) is 0 Å². The second kappa shape index (κ2) is 36.1. The average molecular weight is 2030 g/mol. The average Bonchev–Trinajstić information content (AvgIpc) is 0.830. The van der Waals surface area contributed by atoms with Crippen LogP contribution in [0, 0.1) is 52.0 Å². The number of aromatic nitrogens is 4. The van der Waals surface area contributed by atoms with Gasteiger partial charge in [0.1, 0.15) is 0 Å². The number of hydrogen-bond donors (Lipinski definition) is 0. The molecule has 4 heterocycles. The molecular weight excluding hydrogens is 1950 g/mol. The van der Waals surface area contributed by atoms with E-state index in [4.69, 9.17) is 0 Å². The van der Waals surface area contributed by atoms with Crippen LogP contribution in [0.1, 0.15) is 22.3 Å². The maximum Gasteiger partial charge on any atom is 0.0775 e. The molecule has 0 saturated heterocycles. The predicted octanol–water partition coefficient (Wildman–Crippen LogP) is 20.3. The number of rotatable bonds is 12. The molecule has 12 rings (SSSR count). The first-order valence-corrected chi connectivity index (χ1v) is 46.0. The van der Waals surface area contributed by atoms with Crippen LogP contribution in [0.4, 0.5) is 0 Å². The predicted molar refractivity (Wildman–Crippen MR) is 407 cm³/mol. The van der Waals surface area contributed by atoms with Crippen LogP contribution in [-0.4, -0.2) is 52.2 Å². The monoisotopic (exact) mass is 2040 g/mol. The molecule has 0 saturated carbocycles. The molecule has 12 heteroatoms. The van der Waals surface area contributed by atoms with Gasteiger partial charge in [-0.2, -0.15) is 0 Å². The van der Waals surface area contributed by atoms with E-state index in [-0.39, 0.29) is 80.4 Å². The Morgan fingerprint density at radius 3 is 0.969 bits per heavy atom. The molecule has 4 radical (unpaired) electrons. The first-order chi connectivity index (χ1) is 43.8. The normalized spacial score (nSPS) is 11.0. The van der Waals surface area contributed by atoms with Gasteiger partial charge in [-0.1, -0.05) is 288 Å². The number of nitrogens with zero attached hydrogens (tertiary/aromatic N) is 4. The summed E-state index contributed by atoms with van der Waals surface area (Å²) < 4.78 is 0. The summed E-state index contributed by atoms with van der Waals surface area (Å²) in [5.74, 6) is 0.